The minimum Gasteiger partial charge on any atom is -0.245 e. The van der Waals surface area contributed by atoms with E-state index in [1.54, 1.807) is 35.6 Å². The number of hydrogen-bond donors (Lipinski definition) is 1. The molecule has 130 valence electrons. The number of nitrogens with one attached hydrogen (secondary N) is 1. The smallest absolute Gasteiger partial charge is 0.240 e. The maximum atomic E-state index is 12.4. The Labute approximate surface area is 152 Å². The van der Waals surface area contributed by atoms with Gasteiger partial charge in [-0.3, -0.25) is 0 Å². The molecule has 2 aromatic carbocycles. The average Bonchev–Trinajstić information content (AvgIpc) is 2.94. The Kier molecular flexibility index (Phi) is 5.32. The van der Waals surface area contributed by atoms with Crippen molar-refractivity contribution >= 4 is 21.4 Å². The molecule has 0 unspecified atom stereocenters. The second-order valence-corrected chi connectivity index (χ2v) is 8.85. The maximum absolute atomic E-state index is 12.4. The lowest BCUT2D eigenvalue weighted by Gasteiger charge is -2.05. The number of hydrogen-bond acceptors (Lipinski definition) is 4. The van der Waals surface area contributed by atoms with Crippen LogP contribution < -0.4 is 4.72 Å². The fourth-order valence-corrected chi connectivity index (χ4v) is 4.59. The molecule has 0 bridgehead atoms. The summed E-state index contributed by atoms with van der Waals surface area (Å²) in [5, 5.41) is 0.777. The quantitative estimate of drug-likeness (QED) is 0.715. The first-order valence-electron chi connectivity index (χ1n) is 7.99. The molecule has 0 saturated heterocycles. The molecule has 1 N–H and O–H groups in total. The Morgan fingerprint density at radius 3 is 2.36 bits per heavy atom. The Morgan fingerprint density at radius 1 is 1.00 bits per heavy atom. The highest BCUT2D eigenvalue weighted by atomic mass is 32.2. The van der Waals surface area contributed by atoms with Crippen molar-refractivity contribution in [2.75, 3.05) is 0 Å². The Balaban J connectivity index is 1.69. The van der Waals surface area contributed by atoms with Gasteiger partial charge in [-0.05, 0) is 31.5 Å². The van der Waals surface area contributed by atoms with E-state index in [2.05, 4.69) is 21.8 Å². The van der Waals surface area contributed by atoms with E-state index in [0.29, 0.717) is 0 Å². The van der Waals surface area contributed by atoms with Gasteiger partial charge in [-0.2, -0.15) is 0 Å². The fourth-order valence-electron chi connectivity index (χ4n) is 2.47. The third-order valence-electron chi connectivity index (χ3n) is 3.89. The Morgan fingerprint density at radius 2 is 1.68 bits per heavy atom. The molecule has 0 amide bonds. The van der Waals surface area contributed by atoms with Crippen LogP contribution in [0.1, 0.15) is 26.7 Å². The van der Waals surface area contributed by atoms with Crippen molar-refractivity contribution in [1.82, 2.24) is 9.71 Å². The predicted molar refractivity (Wildman–Crippen MR) is 101 cm³/mol. The number of sulfonamides is 1. The second kappa shape index (κ2) is 7.47. The minimum atomic E-state index is -3.52. The molecule has 0 spiro atoms. The van der Waals surface area contributed by atoms with Crippen LogP contribution in [-0.2, 0) is 23.0 Å². The molecule has 3 rings (SSSR count). The molecule has 0 aliphatic carbocycles. The zero-order valence-corrected chi connectivity index (χ0v) is 15.8. The van der Waals surface area contributed by atoms with Gasteiger partial charge in [0.1, 0.15) is 5.01 Å². The Bertz CT molecular complexity index is 947. The van der Waals surface area contributed by atoms with E-state index in [4.69, 9.17) is 0 Å². The van der Waals surface area contributed by atoms with Crippen LogP contribution in [0.3, 0.4) is 0 Å². The van der Waals surface area contributed by atoms with Crippen LogP contribution in [0.5, 0.6) is 0 Å². The number of nitrogens with zero attached hydrogens (tertiary/aromatic N) is 1. The fraction of sp³-hybridized carbons (Fsp3) is 0.211. The van der Waals surface area contributed by atoms with Gasteiger partial charge in [-0.1, -0.05) is 48.0 Å². The first kappa shape index (κ1) is 17.8. The molecule has 0 aliphatic heterocycles. The number of aryl methyl sites for hydroxylation is 2. The van der Waals surface area contributed by atoms with Gasteiger partial charge in [0.05, 0.1) is 17.1 Å². The second-order valence-electron chi connectivity index (χ2n) is 5.92. The summed E-state index contributed by atoms with van der Waals surface area (Å²) in [5.41, 5.74) is 3.21. The first-order valence-corrected chi connectivity index (χ1v) is 10.3. The van der Waals surface area contributed by atoms with Gasteiger partial charge in [0, 0.05) is 11.3 Å². The topological polar surface area (TPSA) is 59.1 Å². The summed E-state index contributed by atoms with van der Waals surface area (Å²) in [6.07, 6.45) is 0.815. The molecular formula is C19H20N2O2S2. The molecule has 0 saturated carbocycles. The summed E-state index contributed by atoms with van der Waals surface area (Å²) >= 11 is 1.55. The summed E-state index contributed by atoms with van der Waals surface area (Å²) in [7, 11) is -3.52. The van der Waals surface area contributed by atoms with Gasteiger partial charge in [0.25, 0.3) is 0 Å². The largest absolute Gasteiger partial charge is 0.245 e. The van der Waals surface area contributed by atoms with Crippen molar-refractivity contribution in [3.63, 3.8) is 0 Å². The highest BCUT2D eigenvalue weighted by Gasteiger charge is 2.15. The highest BCUT2D eigenvalue weighted by molar-refractivity contribution is 7.89. The van der Waals surface area contributed by atoms with Gasteiger partial charge in [0.15, 0.2) is 0 Å². The molecule has 0 aliphatic rings. The summed E-state index contributed by atoms with van der Waals surface area (Å²) in [5.74, 6) is 0. The summed E-state index contributed by atoms with van der Waals surface area (Å²) < 4.78 is 27.4. The van der Waals surface area contributed by atoms with Crippen LogP contribution in [0.2, 0.25) is 0 Å². The molecule has 1 aromatic heterocycles. The van der Waals surface area contributed by atoms with Gasteiger partial charge in [0.2, 0.25) is 10.0 Å². The average molecular weight is 373 g/mol. The lowest BCUT2D eigenvalue weighted by molar-refractivity contribution is 0.581. The molecule has 6 heteroatoms. The van der Waals surface area contributed by atoms with Crippen LogP contribution in [0.15, 0.2) is 59.5 Å². The third kappa shape index (κ3) is 4.54. The van der Waals surface area contributed by atoms with Crippen LogP contribution in [0, 0.1) is 13.8 Å². The van der Waals surface area contributed by atoms with Crippen molar-refractivity contribution in [1.29, 1.82) is 0 Å². The van der Waals surface area contributed by atoms with E-state index in [0.717, 1.165) is 27.6 Å². The molecule has 0 atom stereocenters. The summed E-state index contributed by atoms with van der Waals surface area (Å²) in [6, 6.07) is 17.0. The van der Waals surface area contributed by atoms with Gasteiger partial charge in [-0.25, -0.2) is 18.1 Å². The molecule has 4 nitrogen and oxygen atoms in total. The predicted octanol–water partition coefficient (Wildman–Crippen LogP) is 3.83. The van der Waals surface area contributed by atoms with Gasteiger partial charge in [-0.15, -0.1) is 11.3 Å². The zero-order chi connectivity index (χ0) is 17.9. The van der Waals surface area contributed by atoms with E-state index >= 15 is 0 Å². The van der Waals surface area contributed by atoms with E-state index < -0.39 is 10.0 Å². The lowest BCUT2D eigenvalue weighted by atomic mass is 10.1. The molecule has 25 heavy (non-hydrogen) atoms. The maximum Gasteiger partial charge on any atom is 0.240 e. The van der Waals surface area contributed by atoms with Crippen LogP contribution in [-0.4, -0.2) is 13.4 Å². The molecular weight excluding hydrogens is 352 g/mol. The number of thiazole rings is 1. The SMILES string of the molecule is Cc1ccc(S(=O)(=O)NCc2nc(C)c(Cc3ccccc3)s2)cc1. The van der Waals surface area contributed by atoms with Crippen molar-refractivity contribution in [2.24, 2.45) is 0 Å². The van der Waals surface area contributed by atoms with E-state index in [9.17, 15) is 8.42 Å². The van der Waals surface area contributed by atoms with Crippen LogP contribution in [0.4, 0.5) is 0 Å². The van der Waals surface area contributed by atoms with E-state index in [1.165, 1.54) is 5.56 Å². The summed E-state index contributed by atoms with van der Waals surface area (Å²) in [4.78, 5) is 5.95. The van der Waals surface area contributed by atoms with Gasteiger partial charge >= 0.3 is 0 Å². The third-order valence-corrected chi connectivity index (χ3v) is 6.46. The van der Waals surface area contributed by atoms with Crippen molar-refractivity contribution in [3.8, 4) is 0 Å². The lowest BCUT2D eigenvalue weighted by Crippen LogP contribution is -2.23. The molecule has 3 aromatic rings. The number of rotatable bonds is 6. The van der Waals surface area contributed by atoms with Gasteiger partial charge < -0.3 is 0 Å². The zero-order valence-electron chi connectivity index (χ0n) is 14.2. The highest BCUT2D eigenvalue weighted by Crippen LogP contribution is 2.22. The molecule has 0 radical (unpaired) electrons. The van der Waals surface area contributed by atoms with Crippen LogP contribution in [0.25, 0.3) is 0 Å². The first-order chi connectivity index (χ1) is 11.9. The molecule has 1 heterocycles. The number of benzene rings is 2. The summed E-state index contributed by atoms with van der Waals surface area (Å²) in [6.45, 7) is 4.10. The number of aromatic nitrogens is 1. The molecule has 0 fully saturated rings. The van der Waals surface area contributed by atoms with Crippen molar-refractivity contribution in [2.45, 2.75) is 31.7 Å². The van der Waals surface area contributed by atoms with E-state index in [1.807, 2.05) is 32.0 Å². The van der Waals surface area contributed by atoms with Crippen molar-refractivity contribution < 1.29 is 8.42 Å². The normalized spacial score (nSPS) is 11.6. The minimum absolute atomic E-state index is 0.205. The monoisotopic (exact) mass is 372 g/mol. The van der Waals surface area contributed by atoms with Crippen LogP contribution >= 0.6 is 11.3 Å². The Hall–Kier alpha value is -2.02. The standard InChI is InChI=1S/C19H20N2O2S2/c1-14-8-10-17(11-9-14)25(22,23)20-13-19-21-15(2)18(24-19)12-16-6-4-3-5-7-16/h3-11,20H,12-13H2,1-2H3. The van der Waals surface area contributed by atoms with Crippen molar-refractivity contribution in [3.05, 3.63) is 81.3 Å². The van der Waals surface area contributed by atoms with E-state index in [-0.39, 0.29) is 11.4 Å².